The van der Waals surface area contributed by atoms with Gasteiger partial charge in [0.25, 0.3) is 0 Å². The van der Waals surface area contributed by atoms with E-state index in [-0.39, 0.29) is 0 Å². The van der Waals surface area contributed by atoms with E-state index in [1.807, 2.05) is 24.3 Å². The fourth-order valence-corrected chi connectivity index (χ4v) is 3.79. The maximum Gasteiger partial charge on any atom is 0.225 e. The molecule has 1 fully saturated rings. The van der Waals surface area contributed by atoms with Gasteiger partial charge in [-0.2, -0.15) is 5.26 Å². The van der Waals surface area contributed by atoms with Gasteiger partial charge in [0.15, 0.2) is 0 Å². The first-order valence-electron chi connectivity index (χ1n) is 8.89. The molecule has 0 N–H and O–H groups in total. The Morgan fingerprint density at radius 1 is 1.40 bits per heavy atom. The van der Waals surface area contributed by atoms with Crippen LogP contribution in [0.3, 0.4) is 0 Å². The molecule has 1 saturated heterocycles. The number of piperidine rings is 1. The quantitative estimate of drug-likeness (QED) is 0.771. The van der Waals surface area contributed by atoms with E-state index in [2.05, 4.69) is 22.9 Å². The number of rotatable bonds is 6. The van der Waals surface area contributed by atoms with Crippen LogP contribution in [0.4, 0.5) is 4.39 Å². The molecule has 2 atom stereocenters. The zero-order chi connectivity index (χ0) is 17.7. The number of oxazole rings is 1. The van der Waals surface area contributed by atoms with Gasteiger partial charge < -0.3 is 4.42 Å². The van der Waals surface area contributed by atoms with Crippen LogP contribution in [-0.2, 0) is 6.54 Å². The molecule has 2 aromatic rings. The summed E-state index contributed by atoms with van der Waals surface area (Å²) in [4.78, 5) is 6.29. The number of aromatic nitrogens is 1. The molecule has 0 saturated carbocycles. The van der Waals surface area contributed by atoms with Crippen LogP contribution in [0, 0.1) is 16.7 Å². The molecule has 1 aromatic carbocycles. The van der Waals surface area contributed by atoms with Crippen LogP contribution in [0.1, 0.15) is 38.2 Å². The lowest BCUT2D eigenvalue weighted by Crippen LogP contribution is -2.48. The van der Waals surface area contributed by atoms with Crippen molar-refractivity contribution in [3.05, 3.63) is 42.3 Å². The average Bonchev–Trinajstić information content (AvgIpc) is 3.14. The molecule has 25 heavy (non-hydrogen) atoms. The number of likely N-dealkylation sites (tertiary alicyclic amines) is 1. The summed E-state index contributed by atoms with van der Waals surface area (Å²) in [5.41, 5.74) is 1.63. The highest BCUT2D eigenvalue weighted by Gasteiger charge is 2.42. The Balaban J connectivity index is 1.62. The second kappa shape index (κ2) is 7.79. The van der Waals surface area contributed by atoms with E-state index in [0.29, 0.717) is 18.9 Å². The van der Waals surface area contributed by atoms with Crippen LogP contribution in [0.5, 0.6) is 0 Å². The van der Waals surface area contributed by atoms with Crippen LogP contribution in [-0.4, -0.2) is 29.1 Å². The molecule has 0 radical (unpaired) electrons. The molecule has 4 nitrogen and oxygen atoms in total. The molecule has 0 amide bonds. The second-order valence-corrected chi connectivity index (χ2v) is 6.93. The van der Waals surface area contributed by atoms with Gasteiger partial charge in [-0.25, -0.2) is 9.37 Å². The van der Waals surface area contributed by atoms with Gasteiger partial charge in [0.05, 0.1) is 12.3 Å². The van der Waals surface area contributed by atoms with Gasteiger partial charge in [0, 0.05) is 30.5 Å². The molecule has 1 aliphatic heterocycles. The van der Waals surface area contributed by atoms with Crippen molar-refractivity contribution in [1.82, 2.24) is 9.88 Å². The van der Waals surface area contributed by atoms with E-state index in [9.17, 15) is 4.39 Å². The summed E-state index contributed by atoms with van der Waals surface area (Å²) in [7, 11) is 0. The highest BCUT2D eigenvalue weighted by molar-refractivity contribution is 5.53. The van der Waals surface area contributed by atoms with Gasteiger partial charge in [-0.3, -0.25) is 4.90 Å². The number of halogens is 1. The van der Waals surface area contributed by atoms with Gasteiger partial charge >= 0.3 is 0 Å². The summed E-state index contributed by atoms with van der Waals surface area (Å²) in [6.07, 6.45) is 5.03. The number of benzene rings is 1. The van der Waals surface area contributed by atoms with Crippen molar-refractivity contribution in [2.24, 2.45) is 5.41 Å². The third-order valence-corrected chi connectivity index (χ3v) is 5.23. The third kappa shape index (κ3) is 3.91. The first-order chi connectivity index (χ1) is 12.2. The zero-order valence-corrected chi connectivity index (χ0v) is 14.6. The molecule has 0 bridgehead atoms. The summed E-state index contributed by atoms with van der Waals surface area (Å²) in [6.45, 7) is 4.03. The standard InChI is InChI=1S/C20H24FN3O/c1-2-7-20(8-10-22)9-12-24(15-18(20)21)14-16-3-5-17(6-4-16)19-23-11-13-25-19/h3-6,11,13,18H,2,7-9,12,14-15H2,1H3. The van der Waals surface area contributed by atoms with Crippen LogP contribution in [0.2, 0.25) is 0 Å². The second-order valence-electron chi connectivity index (χ2n) is 6.93. The summed E-state index contributed by atoms with van der Waals surface area (Å²) >= 11 is 0. The fourth-order valence-electron chi connectivity index (χ4n) is 3.79. The first kappa shape index (κ1) is 17.6. The third-order valence-electron chi connectivity index (χ3n) is 5.23. The fraction of sp³-hybridized carbons (Fsp3) is 0.500. The van der Waals surface area contributed by atoms with E-state index < -0.39 is 11.6 Å². The highest BCUT2D eigenvalue weighted by atomic mass is 19.1. The molecule has 2 heterocycles. The largest absolute Gasteiger partial charge is 0.445 e. The number of hydrogen-bond donors (Lipinski definition) is 0. The molecule has 0 spiro atoms. The van der Waals surface area contributed by atoms with Gasteiger partial charge in [-0.05, 0) is 37.1 Å². The highest BCUT2D eigenvalue weighted by Crippen LogP contribution is 2.41. The summed E-state index contributed by atoms with van der Waals surface area (Å²) in [5.74, 6) is 0.606. The molecular formula is C20H24FN3O. The number of alkyl halides is 1. The molecular weight excluding hydrogens is 317 g/mol. The van der Waals surface area contributed by atoms with Gasteiger partial charge in [-0.15, -0.1) is 0 Å². The Kier molecular flexibility index (Phi) is 5.50. The summed E-state index contributed by atoms with van der Waals surface area (Å²) in [6, 6.07) is 10.2. The Labute approximate surface area is 148 Å². The molecule has 132 valence electrons. The Hall–Kier alpha value is -2.19. The van der Waals surface area contributed by atoms with Crippen molar-refractivity contribution in [3.8, 4) is 17.5 Å². The molecule has 1 aliphatic rings. The van der Waals surface area contributed by atoms with Gasteiger partial charge in [0.1, 0.15) is 12.4 Å². The predicted octanol–water partition coefficient (Wildman–Crippen LogP) is 4.59. The lowest BCUT2D eigenvalue weighted by Gasteiger charge is -2.43. The summed E-state index contributed by atoms with van der Waals surface area (Å²) < 4.78 is 20.2. The maximum atomic E-state index is 14.9. The Morgan fingerprint density at radius 2 is 2.20 bits per heavy atom. The summed E-state index contributed by atoms with van der Waals surface area (Å²) in [5, 5.41) is 9.09. The van der Waals surface area contributed by atoms with Crippen LogP contribution in [0.25, 0.3) is 11.5 Å². The predicted molar refractivity (Wildman–Crippen MR) is 94.3 cm³/mol. The van der Waals surface area contributed by atoms with E-state index in [1.54, 1.807) is 12.5 Å². The molecule has 5 heteroatoms. The van der Waals surface area contributed by atoms with E-state index in [1.165, 1.54) is 0 Å². The number of nitriles is 1. The number of nitrogens with zero attached hydrogens (tertiary/aromatic N) is 3. The topological polar surface area (TPSA) is 53.1 Å². The zero-order valence-electron chi connectivity index (χ0n) is 14.6. The van der Waals surface area contributed by atoms with Crippen molar-refractivity contribution in [1.29, 1.82) is 5.26 Å². The Morgan fingerprint density at radius 3 is 2.80 bits per heavy atom. The molecule has 0 aliphatic carbocycles. The van der Waals surface area contributed by atoms with E-state index in [0.717, 1.165) is 43.5 Å². The molecule has 3 rings (SSSR count). The van der Waals surface area contributed by atoms with Crippen molar-refractivity contribution in [3.63, 3.8) is 0 Å². The minimum atomic E-state index is -0.938. The first-order valence-corrected chi connectivity index (χ1v) is 8.89. The lowest BCUT2D eigenvalue weighted by atomic mass is 9.71. The lowest BCUT2D eigenvalue weighted by molar-refractivity contribution is -0.000315. The van der Waals surface area contributed by atoms with Crippen molar-refractivity contribution >= 4 is 0 Å². The van der Waals surface area contributed by atoms with Crippen LogP contribution in [0.15, 0.2) is 41.1 Å². The minimum absolute atomic E-state index is 0.320. The Bertz CT molecular complexity index is 708. The van der Waals surface area contributed by atoms with Crippen LogP contribution >= 0.6 is 0 Å². The maximum absolute atomic E-state index is 14.9. The smallest absolute Gasteiger partial charge is 0.225 e. The minimum Gasteiger partial charge on any atom is -0.445 e. The number of hydrogen-bond acceptors (Lipinski definition) is 4. The molecule has 2 unspecified atom stereocenters. The monoisotopic (exact) mass is 341 g/mol. The molecule has 1 aromatic heterocycles. The SMILES string of the molecule is CCCC1(CC#N)CCN(Cc2ccc(-c3ncco3)cc2)CC1F. The van der Waals surface area contributed by atoms with Gasteiger partial charge in [-0.1, -0.05) is 25.5 Å². The van der Waals surface area contributed by atoms with E-state index >= 15 is 0 Å². The van der Waals surface area contributed by atoms with Crippen molar-refractivity contribution < 1.29 is 8.81 Å². The normalized spacial score (nSPS) is 24.1. The van der Waals surface area contributed by atoms with Crippen molar-refractivity contribution in [2.45, 2.75) is 45.3 Å². The average molecular weight is 341 g/mol. The van der Waals surface area contributed by atoms with Gasteiger partial charge in [0.2, 0.25) is 5.89 Å². The van der Waals surface area contributed by atoms with Crippen LogP contribution < -0.4 is 0 Å². The van der Waals surface area contributed by atoms with Crippen molar-refractivity contribution in [2.75, 3.05) is 13.1 Å². The van der Waals surface area contributed by atoms with E-state index in [4.69, 9.17) is 9.68 Å².